The first-order chi connectivity index (χ1) is 12.9. The van der Waals surface area contributed by atoms with E-state index >= 15 is 0 Å². The minimum absolute atomic E-state index is 0. The molecule has 3 aromatic rings. The molecule has 7 nitrogen and oxygen atoms in total. The van der Waals surface area contributed by atoms with Gasteiger partial charge >= 0.3 is 0 Å². The number of thiazole rings is 1. The fraction of sp³-hybridized carbons (Fsp3) is 0.111. The molecule has 1 heterocycles. The summed E-state index contributed by atoms with van der Waals surface area (Å²) in [4.78, 5) is 27.5. The Morgan fingerprint density at radius 1 is 1.21 bits per heavy atom. The summed E-state index contributed by atoms with van der Waals surface area (Å²) in [6.07, 6.45) is 0.128. The van der Waals surface area contributed by atoms with Crippen LogP contribution in [-0.2, 0) is 18.3 Å². The SMILES string of the molecule is Cl.Cn1c(CC(=O)Nc2ccc([N+](=O)[O-])cc2)csc1=Nc1ccc(F)cc1. The predicted molar refractivity (Wildman–Crippen MR) is 108 cm³/mol. The number of hydrogen-bond donors (Lipinski definition) is 1. The molecule has 0 aliphatic rings. The van der Waals surface area contributed by atoms with Gasteiger partial charge in [0.25, 0.3) is 5.69 Å². The van der Waals surface area contributed by atoms with Crippen LogP contribution in [0.1, 0.15) is 5.69 Å². The number of rotatable bonds is 5. The van der Waals surface area contributed by atoms with Crippen molar-refractivity contribution in [2.75, 3.05) is 5.32 Å². The monoisotopic (exact) mass is 422 g/mol. The van der Waals surface area contributed by atoms with Crippen molar-refractivity contribution in [3.8, 4) is 0 Å². The second-order valence-electron chi connectivity index (χ2n) is 5.69. The first kappa shape index (κ1) is 21.3. The minimum atomic E-state index is -0.497. The third kappa shape index (κ3) is 5.24. The number of nitro benzene ring substituents is 1. The summed E-state index contributed by atoms with van der Waals surface area (Å²) < 4.78 is 14.8. The number of halogens is 2. The average Bonchev–Trinajstić information content (AvgIpc) is 2.97. The lowest BCUT2D eigenvalue weighted by atomic mass is 10.2. The number of benzene rings is 2. The van der Waals surface area contributed by atoms with Crippen LogP contribution in [0.3, 0.4) is 0 Å². The molecule has 3 rings (SSSR count). The first-order valence-corrected chi connectivity index (χ1v) is 8.78. The van der Waals surface area contributed by atoms with Crippen LogP contribution < -0.4 is 10.1 Å². The lowest BCUT2D eigenvalue weighted by molar-refractivity contribution is -0.384. The Kier molecular flexibility index (Phi) is 7.02. The Morgan fingerprint density at radius 2 is 1.86 bits per heavy atom. The van der Waals surface area contributed by atoms with Gasteiger partial charge in [-0.2, -0.15) is 0 Å². The Morgan fingerprint density at radius 3 is 2.46 bits per heavy atom. The van der Waals surface area contributed by atoms with Gasteiger partial charge in [-0.3, -0.25) is 14.9 Å². The van der Waals surface area contributed by atoms with Gasteiger partial charge in [-0.05, 0) is 36.4 Å². The maximum Gasteiger partial charge on any atom is 0.269 e. The third-order valence-corrected chi connectivity index (χ3v) is 4.74. The lowest BCUT2D eigenvalue weighted by Crippen LogP contribution is -2.19. The number of carbonyl (C=O) groups excluding carboxylic acids is 1. The zero-order valence-electron chi connectivity index (χ0n) is 14.7. The minimum Gasteiger partial charge on any atom is -0.326 e. The molecular formula is C18H16ClFN4O3S. The van der Waals surface area contributed by atoms with Crippen LogP contribution in [0.4, 0.5) is 21.5 Å². The number of nitrogens with zero attached hydrogens (tertiary/aromatic N) is 3. The Hall–Kier alpha value is -3.04. The molecule has 0 aliphatic heterocycles. The molecule has 1 aromatic heterocycles. The molecule has 0 saturated carbocycles. The van der Waals surface area contributed by atoms with E-state index in [1.807, 2.05) is 5.38 Å². The van der Waals surface area contributed by atoms with Crippen molar-refractivity contribution in [2.24, 2.45) is 12.0 Å². The maximum atomic E-state index is 13.0. The molecule has 0 saturated heterocycles. The van der Waals surface area contributed by atoms with Crippen LogP contribution >= 0.6 is 23.7 Å². The number of non-ortho nitro benzene ring substituents is 1. The zero-order valence-corrected chi connectivity index (χ0v) is 16.3. The van der Waals surface area contributed by atoms with Crippen molar-refractivity contribution in [3.63, 3.8) is 0 Å². The summed E-state index contributed by atoms with van der Waals surface area (Å²) in [5, 5.41) is 15.2. The molecule has 0 aliphatic carbocycles. The topological polar surface area (TPSA) is 89.5 Å². The van der Waals surface area contributed by atoms with E-state index in [9.17, 15) is 19.3 Å². The van der Waals surface area contributed by atoms with Crippen LogP contribution in [0.25, 0.3) is 0 Å². The highest BCUT2D eigenvalue weighted by atomic mass is 35.5. The van der Waals surface area contributed by atoms with Crippen molar-refractivity contribution in [3.05, 3.63) is 80.3 Å². The molecule has 28 heavy (non-hydrogen) atoms. The van der Waals surface area contributed by atoms with Gasteiger partial charge in [-0.15, -0.1) is 23.7 Å². The fourth-order valence-corrected chi connectivity index (χ4v) is 3.24. The number of hydrogen-bond acceptors (Lipinski definition) is 5. The molecule has 2 aromatic carbocycles. The molecule has 0 spiro atoms. The zero-order chi connectivity index (χ0) is 19.4. The number of carbonyl (C=O) groups is 1. The first-order valence-electron chi connectivity index (χ1n) is 7.90. The van der Waals surface area contributed by atoms with Gasteiger partial charge in [-0.1, -0.05) is 0 Å². The molecule has 0 atom stereocenters. The quantitative estimate of drug-likeness (QED) is 0.498. The standard InChI is InChI=1S/C18H15FN4O3S.ClH/c1-22-16(11-27-18(22)21-14-4-2-12(19)3-5-14)10-17(24)20-13-6-8-15(9-7-13)23(25)26;/h2-9,11H,10H2,1H3,(H,20,24);1H. The van der Waals surface area contributed by atoms with Gasteiger partial charge in [0, 0.05) is 35.9 Å². The average molecular weight is 423 g/mol. The summed E-state index contributed by atoms with van der Waals surface area (Å²) in [6.45, 7) is 0. The number of aromatic nitrogens is 1. The number of anilines is 1. The predicted octanol–water partition coefficient (Wildman–Crippen LogP) is 3.97. The van der Waals surface area contributed by atoms with Crippen molar-refractivity contribution >= 4 is 46.7 Å². The largest absolute Gasteiger partial charge is 0.326 e. The summed E-state index contributed by atoms with van der Waals surface area (Å²) in [5.41, 5.74) is 1.83. The van der Waals surface area contributed by atoms with Crippen molar-refractivity contribution in [1.82, 2.24) is 4.57 Å². The molecule has 0 unspecified atom stereocenters. The smallest absolute Gasteiger partial charge is 0.269 e. The second kappa shape index (κ2) is 9.25. The van der Waals surface area contributed by atoms with Gasteiger partial charge < -0.3 is 9.88 Å². The van der Waals surface area contributed by atoms with E-state index in [-0.39, 0.29) is 36.2 Å². The highest BCUT2D eigenvalue weighted by Gasteiger charge is 2.10. The summed E-state index contributed by atoms with van der Waals surface area (Å²) >= 11 is 1.38. The summed E-state index contributed by atoms with van der Waals surface area (Å²) in [7, 11) is 1.80. The van der Waals surface area contributed by atoms with Gasteiger partial charge in [0.05, 0.1) is 17.0 Å². The molecule has 10 heteroatoms. The normalized spacial score (nSPS) is 11.0. The Bertz CT molecular complexity index is 1050. The van der Waals surface area contributed by atoms with E-state index in [0.717, 1.165) is 5.69 Å². The van der Waals surface area contributed by atoms with E-state index in [1.165, 1.54) is 47.7 Å². The maximum absolute atomic E-state index is 13.0. The molecule has 0 fully saturated rings. The van der Waals surface area contributed by atoms with Crippen LogP contribution in [0, 0.1) is 15.9 Å². The van der Waals surface area contributed by atoms with Crippen LogP contribution in [0.15, 0.2) is 58.9 Å². The van der Waals surface area contributed by atoms with E-state index < -0.39 is 4.92 Å². The Labute approximate surface area is 169 Å². The van der Waals surface area contributed by atoms with Gasteiger partial charge in [0.2, 0.25) is 5.91 Å². The molecule has 1 N–H and O–H groups in total. The van der Waals surface area contributed by atoms with E-state index in [1.54, 1.807) is 23.7 Å². The lowest BCUT2D eigenvalue weighted by Gasteiger charge is -2.05. The summed E-state index contributed by atoms with van der Waals surface area (Å²) in [5.74, 6) is -0.571. The third-order valence-electron chi connectivity index (χ3n) is 3.77. The van der Waals surface area contributed by atoms with Crippen molar-refractivity contribution in [1.29, 1.82) is 0 Å². The number of nitrogens with one attached hydrogen (secondary N) is 1. The molecule has 0 radical (unpaired) electrons. The molecular weight excluding hydrogens is 407 g/mol. The van der Waals surface area contributed by atoms with Crippen LogP contribution in [0.2, 0.25) is 0 Å². The Balaban J connectivity index is 0.00000280. The van der Waals surface area contributed by atoms with Gasteiger partial charge in [0.1, 0.15) is 5.82 Å². The van der Waals surface area contributed by atoms with Crippen LogP contribution in [0.5, 0.6) is 0 Å². The van der Waals surface area contributed by atoms with Crippen LogP contribution in [-0.4, -0.2) is 15.4 Å². The van der Waals surface area contributed by atoms with Gasteiger partial charge in [-0.25, -0.2) is 9.38 Å². The summed E-state index contributed by atoms with van der Waals surface area (Å²) in [6, 6.07) is 11.5. The highest BCUT2D eigenvalue weighted by molar-refractivity contribution is 7.07. The molecule has 0 bridgehead atoms. The van der Waals surface area contributed by atoms with Gasteiger partial charge in [0.15, 0.2) is 4.80 Å². The molecule has 146 valence electrons. The second-order valence-corrected chi connectivity index (χ2v) is 6.52. The van der Waals surface area contributed by atoms with Crippen molar-refractivity contribution < 1.29 is 14.1 Å². The molecule has 1 amide bonds. The van der Waals surface area contributed by atoms with E-state index in [0.29, 0.717) is 16.2 Å². The van der Waals surface area contributed by atoms with E-state index in [2.05, 4.69) is 10.3 Å². The van der Waals surface area contributed by atoms with E-state index in [4.69, 9.17) is 0 Å². The highest BCUT2D eigenvalue weighted by Crippen LogP contribution is 2.16. The fourth-order valence-electron chi connectivity index (χ4n) is 2.33. The number of nitro groups is 1. The van der Waals surface area contributed by atoms with Crippen molar-refractivity contribution in [2.45, 2.75) is 6.42 Å². The number of amides is 1.